The Hall–Kier alpha value is -2.67. The van der Waals surface area contributed by atoms with Crippen molar-refractivity contribution in [2.45, 2.75) is 0 Å². The fourth-order valence-electron chi connectivity index (χ4n) is 2.01. The minimum Gasteiger partial charge on any atom is -0.483 e. The largest absolute Gasteiger partial charge is 0.483 e. The van der Waals surface area contributed by atoms with E-state index in [9.17, 15) is 14.4 Å². The average molecular weight is 405 g/mol. The summed E-state index contributed by atoms with van der Waals surface area (Å²) >= 11 is 3.34. The van der Waals surface area contributed by atoms with Gasteiger partial charge >= 0.3 is 0 Å². The molecule has 0 unspecified atom stereocenters. The van der Waals surface area contributed by atoms with Gasteiger partial charge in [0.2, 0.25) is 5.91 Å². The number of carbonyl (C=O) groups is 3. The second kappa shape index (κ2) is 8.98. The average Bonchev–Trinajstić information content (AvgIpc) is 2.61. The Bertz CT molecular complexity index is 779. The number of aldehydes is 1. The standard InChI is InChI=1S/C18H17BrN2O4/c1-21(10-17(23)20-15-8-4-3-7-14(15)19)18(24)12-25-16-9-5-2-6-13(16)11-22/h2-9,11H,10,12H2,1H3,(H,20,23). The van der Waals surface area contributed by atoms with E-state index in [1.807, 2.05) is 12.1 Å². The lowest BCUT2D eigenvalue weighted by Crippen LogP contribution is -2.37. The molecule has 130 valence electrons. The summed E-state index contributed by atoms with van der Waals surface area (Å²) in [6.45, 7) is -0.373. The third-order valence-electron chi connectivity index (χ3n) is 3.35. The molecule has 0 spiro atoms. The summed E-state index contributed by atoms with van der Waals surface area (Å²) in [4.78, 5) is 36.3. The third kappa shape index (κ3) is 5.42. The number of benzene rings is 2. The second-order valence-electron chi connectivity index (χ2n) is 5.22. The fourth-order valence-corrected chi connectivity index (χ4v) is 2.40. The summed E-state index contributed by atoms with van der Waals surface area (Å²) in [5, 5.41) is 2.72. The molecule has 0 bridgehead atoms. The van der Waals surface area contributed by atoms with Gasteiger partial charge in [-0.25, -0.2) is 0 Å². The lowest BCUT2D eigenvalue weighted by molar-refractivity contribution is -0.135. The topological polar surface area (TPSA) is 75.7 Å². The second-order valence-corrected chi connectivity index (χ2v) is 6.08. The van der Waals surface area contributed by atoms with E-state index in [-0.39, 0.29) is 25.0 Å². The summed E-state index contributed by atoms with van der Waals surface area (Å²) in [5.74, 6) is -0.365. The molecule has 7 heteroatoms. The van der Waals surface area contributed by atoms with Crippen LogP contribution in [0.4, 0.5) is 5.69 Å². The smallest absolute Gasteiger partial charge is 0.260 e. The molecule has 25 heavy (non-hydrogen) atoms. The maximum absolute atomic E-state index is 12.1. The molecular formula is C18H17BrN2O4. The van der Waals surface area contributed by atoms with E-state index in [1.54, 1.807) is 36.4 Å². The third-order valence-corrected chi connectivity index (χ3v) is 4.04. The van der Waals surface area contributed by atoms with E-state index in [0.29, 0.717) is 23.3 Å². The number of ether oxygens (including phenoxy) is 1. The molecule has 0 saturated heterocycles. The van der Waals surface area contributed by atoms with Gasteiger partial charge in [-0.15, -0.1) is 0 Å². The molecule has 0 radical (unpaired) electrons. The number of likely N-dealkylation sites (N-methyl/N-ethyl adjacent to an activating group) is 1. The van der Waals surface area contributed by atoms with Gasteiger partial charge in [-0.2, -0.15) is 0 Å². The Balaban J connectivity index is 1.86. The van der Waals surface area contributed by atoms with Crippen molar-refractivity contribution >= 4 is 39.7 Å². The van der Waals surface area contributed by atoms with E-state index in [2.05, 4.69) is 21.2 Å². The molecule has 0 heterocycles. The van der Waals surface area contributed by atoms with Gasteiger partial charge in [0, 0.05) is 11.5 Å². The summed E-state index contributed by atoms with van der Waals surface area (Å²) in [6.07, 6.45) is 0.661. The predicted molar refractivity (Wildman–Crippen MR) is 97.7 cm³/mol. The number of hydrogen-bond acceptors (Lipinski definition) is 4. The molecule has 2 rings (SSSR count). The lowest BCUT2D eigenvalue weighted by Gasteiger charge is -2.17. The van der Waals surface area contributed by atoms with Crippen molar-refractivity contribution in [3.8, 4) is 5.75 Å². The number of hydrogen-bond donors (Lipinski definition) is 1. The van der Waals surface area contributed by atoms with Crippen molar-refractivity contribution in [1.29, 1.82) is 0 Å². The Morgan fingerprint density at radius 3 is 2.56 bits per heavy atom. The van der Waals surface area contributed by atoms with Crippen LogP contribution in [0.5, 0.6) is 5.75 Å². The van der Waals surface area contributed by atoms with Crippen LogP contribution in [0.1, 0.15) is 10.4 Å². The number of amides is 2. The van der Waals surface area contributed by atoms with Crippen LogP contribution in [0.15, 0.2) is 53.0 Å². The molecule has 0 aromatic heterocycles. The Morgan fingerprint density at radius 1 is 1.16 bits per heavy atom. The fraction of sp³-hybridized carbons (Fsp3) is 0.167. The first-order valence-corrected chi connectivity index (χ1v) is 8.26. The van der Waals surface area contributed by atoms with Gasteiger partial charge in [0.25, 0.3) is 5.91 Å². The van der Waals surface area contributed by atoms with Gasteiger partial charge in [-0.1, -0.05) is 24.3 Å². The first kappa shape index (κ1) is 18.7. The number of nitrogens with one attached hydrogen (secondary N) is 1. The first-order chi connectivity index (χ1) is 12.0. The zero-order chi connectivity index (χ0) is 18.2. The maximum atomic E-state index is 12.1. The van der Waals surface area contributed by atoms with Crippen LogP contribution in [0.2, 0.25) is 0 Å². The number of halogens is 1. The summed E-state index contributed by atoms with van der Waals surface area (Å²) in [7, 11) is 1.51. The van der Waals surface area contributed by atoms with Crippen molar-refractivity contribution in [3.63, 3.8) is 0 Å². The SMILES string of the molecule is CN(CC(=O)Nc1ccccc1Br)C(=O)COc1ccccc1C=O. The van der Waals surface area contributed by atoms with Gasteiger partial charge in [-0.3, -0.25) is 14.4 Å². The van der Waals surface area contributed by atoms with Crippen molar-refractivity contribution in [2.24, 2.45) is 0 Å². The van der Waals surface area contributed by atoms with Crippen LogP contribution in [-0.2, 0) is 9.59 Å². The molecule has 0 aliphatic carbocycles. The number of anilines is 1. The summed E-state index contributed by atoms with van der Waals surface area (Å²) < 4.78 is 6.12. The molecule has 2 amide bonds. The van der Waals surface area contributed by atoms with Crippen molar-refractivity contribution < 1.29 is 19.1 Å². The summed E-state index contributed by atoms with van der Waals surface area (Å²) in [5.41, 5.74) is 0.995. The van der Waals surface area contributed by atoms with Gasteiger partial charge in [-0.05, 0) is 40.2 Å². The monoisotopic (exact) mass is 404 g/mol. The van der Waals surface area contributed by atoms with Crippen LogP contribution < -0.4 is 10.1 Å². The number of para-hydroxylation sites is 2. The molecule has 0 atom stereocenters. The number of rotatable bonds is 7. The van der Waals surface area contributed by atoms with E-state index >= 15 is 0 Å². The molecule has 6 nitrogen and oxygen atoms in total. The molecule has 2 aromatic rings. The molecule has 1 N–H and O–H groups in total. The number of carbonyl (C=O) groups excluding carboxylic acids is 3. The maximum Gasteiger partial charge on any atom is 0.260 e. The minimum absolute atomic E-state index is 0.112. The van der Waals surface area contributed by atoms with E-state index in [4.69, 9.17) is 4.74 Å². The van der Waals surface area contributed by atoms with Crippen LogP contribution >= 0.6 is 15.9 Å². The zero-order valence-corrected chi connectivity index (χ0v) is 15.2. The van der Waals surface area contributed by atoms with Gasteiger partial charge < -0.3 is 15.0 Å². The summed E-state index contributed by atoms with van der Waals surface area (Å²) in [6, 6.07) is 13.8. The highest BCUT2D eigenvalue weighted by molar-refractivity contribution is 9.10. The Kier molecular flexibility index (Phi) is 6.71. The van der Waals surface area contributed by atoms with Crippen LogP contribution in [-0.4, -0.2) is 43.2 Å². The van der Waals surface area contributed by atoms with Crippen LogP contribution in [0.3, 0.4) is 0 Å². The van der Waals surface area contributed by atoms with E-state index < -0.39 is 0 Å². The molecule has 0 fully saturated rings. The number of nitrogens with zero attached hydrogens (tertiary/aromatic N) is 1. The first-order valence-electron chi connectivity index (χ1n) is 7.46. The quantitative estimate of drug-likeness (QED) is 0.719. The highest BCUT2D eigenvalue weighted by Gasteiger charge is 2.15. The normalized spacial score (nSPS) is 10.0. The Labute approximate surface area is 153 Å². The van der Waals surface area contributed by atoms with Gasteiger partial charge in [0.05, 0.1) is 17.8 Å². The van der Waals surface area contributed by atoms with Crippen LogP contribution in [0.25, 0.3) is 0 Å². The van der Waals surface area contributed by atoms with Crippen molar-refractivity contribution in [3.05, 3.63) is 58.6 Å². The zero-order valence-electron chi connectivity index (χ0n) is 13.6. The van der Waals surface area contributed by atoms with Crippen LogP contribution in [0, 0.1) is 0 Å². The highest BCUT2D eigenvalue weighted by atomic mass is 79.9. The lowest BCUT2D eigenvalue weighted by atomic mass is 10.2. The molecule has 0 saturated carbocycles. The Morgan fingerprint density at radius 2 is 1.84 bits per heavy atom. The molecule has 2 aromatic carbocycles. The molecule has 0 aliphatic heterocycles. The van der Waals surface area contributed by atoms with E-state index in [1.165, 1.54) is 11.9 Å². The van der Waals surface area contributed by atoms with Gasteiger partial charge in [0.15, 0.2) is 12.9 Å². The molecular weight excluding hydrogens is 388 g/mol. The van der Waals surface area contributed by atoms with Gasteiger partial charge in [0.1, 0.15) is 5.75 Å². The molecule has 0 aliphatic rings. The predicted octanol–water partition coefficient (Wildman–Crippen LogP) is 2.74. The van der Waals surface area contributed by atoms with Crippen molar-refractivity contribution in [1.82, 2.24) is 4.90 Å². The van der Waals surface area contributed by atoms with E-state index in [0.717, 1.165) is 4.47 Å². The highest BCUT2D eigenvalue weighted by Crippen LogP contribution is 2.21. The van der Waals surface area contributed by atoms with Crippen molar-refractivity contribution in [2.75, 3.05) is 25.5 Å². The minimum atomic E-state index is -0.372.